The van der Waals surface area contributed by atoms with Gasteiger partial charge in [-0.2, -0.15) is 0 Å². The summed E-state index contributed by atoms with van der Waals surface area (Å²) in [6.07, 6.45) is 1.62. The molecule has 0 aliphatic carbocycles. The molecule has 2 aromatic rings. The van der Waals surface area contributed by atoms with E-state index in [2.05, 4.69) is 18.7 Å². The van der Waals surface area contributed by atoms with Crippen LogP contribution in [-0.4, -0.2) is 59.4 Å². The molecule has 1 atom stereocenters. The molecule has 0 aromatic heterocycles. The number of aliphatic hydroxyl groups is 1. The molecule has 3 rings (SSSR count). The fraction of sp³-hybridized carbons (Fsp3) is 0.407. The summed E-state index contributed by atoms with van der Waals surface area (Å²) in [7, 11) is 0. The van der Waals surface area contributed by atoms with Crippen molar-refractivity contribution in [1.29, 1.82) is 0 Å². The number of Topliss-reactive ketones (excluding diaryl/α,β-unsaturated/α-hetero) is 1. The third-order valence-corrected chi connectivity index (χ3v) is 6.00. The lowest BCUT2D eigenvalue weighted by molar-refractivity contribution is -0.140. The molecular formula is C27H34N2O4. The Balaban J connectivity index is 2.01. The summed E-state index contributed by atoms with van der Waals surface area (Å²) in [4.78, 5) is 30.1. The second-order valence-electron chi connectivity index (χ2n) is 8.16. The highest BCUT2D eigenvalue weighted by atomic mass is 16.5. The first-order chi connectivity index (χ1) is 16.0. The van der Waals surface area contributed by atoms with Crippen molar-refractivity contribution >= 4 is 17.4 Å². The van der Waals surface area contributed by atoms with Crippen LogP contribution < -0.4 is 4.74 Å². The molecule has 6 heteroatoms. The van der Waals surface area contributed by atoms with Crippen molar-refractivity contribution in [3.05, 3.63) is 71.3 Å². The van der Waals surface area contributed by atoms with E-state index in [0.29, 0.717) is 24.5 Å². The van der Waals surface area contributed by atoms with E-state index in [9.17, 15) is 14.7 Å². The Kier molecular flexibility index (Phi) is 8.66. The van der Waals surface area contributed by atoms with E-state index in [1.807, 2.05) is 37.3 Å². The number of carbonyl (C=O) groups is 2. The van der Waals surface area contributed by atoms with Gasteiger partial charge in [0.2, 0.25) is 0 Å². The Bertz CT molecular complexity index is 983. The predicted molar refractivity (Wildman–Crippen MR) is 130 cm³/mol. The van der Waals surface area contributed by atoms with Gasteiger partial charge in [-0.3, -0.25) is 9.59 Å². The van der Waals surface area contributed by atoms with E-state index in [1.165, 1.54) is 0 Å². The summed E-state index contributed by atoms with van der Waals surface area (Å²) >= 11 is 0. The van der Waals surface area contributed by atoms with E-state index in [4.69, 9.17) is 4.74 Å². The Morgan fingerprint density at radius 2 is 1.76 bits per heavy atom. The van der Waals surface area contributed by atoms with Gasteiger partial charge in [0.15, 0.2) is 0 Å². The fourth-order valence-electron chi connectivity index (χ4n) is 4.21. The molecule has 1 N–H and O–H groups in total. The molecule has 0 bridgehead atoms. The lowest BCUT2D eigenvalue weighted by Gasteiger charge is -2.27. The molecule has 1 heterocycles. The zero-order chi connectivity index (χ0) is 23.8. The molecule has 1 saturated heterocycles. The second kappa shape index (κ2) is 11.7. The number of aliphatic hydroxyl groups excluding tert-OH is 1. The third kappa shape index (κ3) is 5.63. The normalized spacial score (nSPS) is 17.7. The molecule has 6 nitrogen and oxygen atoms in total. The average molecular weight is 451 g/mol. The maximum absolute atomic E-state index is 13.1. The van der Waals surface area contributed by atoms with Gasteiger partial charge < -0.3 is 19.6 Å². The van der Waals surface area contributed by atoms with E-state index < -0.39 is 17.7 Å². The van der Waals surface area contributed by atoms with Crippen LogP contribution in [0.25, 0.3) is 5.76 Å². The van der Waals surface area contributed by atoms with Crippen LogP contribution in [-0.2, 0) is 9.59 Å². The number of ketones is 1. The molecule has 1 fully saturated rings. The highest BCUT2D eigenvalue weighted by Crippen LogP contribution is 2.40. The number of carbonyl (C=O) groups excluding carboxylic acids is 2. The lowest BCUT2D eigenvalue weighted by atomic mass is 9.95. The van der Waals surface area contributed by atoms with Crippen LogP contribution in [0.4, 0.5) is 0 Å². The van der Waals surface area contributed by atoms with Crippen LogP contribution in [0.2, 0.25) is 0 Å². The van der Waals surface area contributed by atoms with Crippen LogP contribution in [0.15, 0.2) is 60.2 Å². The molecule has 33 heavy (non-hydrogen) atoms. The van der Waals surface area contributed by atoms with Crippen molar-refractivity contribution in [3.63, 3.8) is 0 Å². The number of hydrogen-bond acceptors (Lipinski definition) is 5. The van der Waals surface area contributed by atoms with Gasteiger partial charge in [0.05, 0.1) is 18.2 Å². The predicted octanol–water partition coefficient (Wildman–Crippen LogP) is 4.63. The standard InChI is InChI=1S/C27H34N2O4/c1-4-18-33-22-15-10-14-21(19-22)24-23(25(30)20-12-8-7-9-13-20)26(31)27(32)29(24)17-11-16-28(5-2)6-3/h7-10,12-15,19,24,30H,4-6,11,16-18H2,1-3H3/b25-23+/t24-/m1/s1. The molecule has 0 spiro atoms. The summed E-state index contributed by atoms with van der Waals surface area (Å²) in [5.74, 6) is -0.686. The van der Waals surface area contributed by atoms with E-state index in [0.717, 1.165) is 38.0 Å². The number of nitrogens with zero attached hydrogens (tertiary/aromatic N) is 2. The molecular weight excluding hydrogens is 416 g/mol. The maximum Gasteiger partial charge on any atom is 0.295 e. The van der Waals surface area contributed by atoms with Crippen molar-refractivity contribution in [3.8, 4) is 5.75 Å². The number of hydrogen-bond donors (Lipinski definition) is 1. The van der Waals surface area contributed by atoms with Gasteiger partial charge in [-0.25, -0.2) is 0 Å². The van der Waals surface area contributed by atoms with E-state index >= 15 is 0 Å². The van der Waals surface area contributed by atoms with Crippen molar-refractivity contribution in [1.82, 2.24) is 9.80 Å². The van der Waals surface area contributed by atoms with E-state index in [1.54, 1.807) is 29.2 Å². The molecule has 1 aliphatic heterocycles. The minimum absolute atomic E-state index is 0.127. The summed E-state index contributed by atoms with van der Waals surface area (Å²) in [5, 5.41) is 11.1. The van der Waals surface area contributed by atoms with Crippen molar-refractivity contribution in [2.45, 2.75) is 39.7 Å². The molecule has 1 aliphatic rings. The monoisotopic (exact) mass is 450 g/mol. The van der Waals surface area contributed by atoms with Crippen molar-refractivity contribution in [2.75, 3.05) is 32.8 Å². The van der Waals surface area contributed by atoms with E-state index in [-0.39, 0.29) is 11.3 Å². The average Bonchev–Trinajstić information content (AvgIpc) is 3.10. The first kappa shape index (κ1) is 24.5. The summed E-state index contributed by atoms with van der Waals surface area (Å²) in [5.41, 5.74) is 1.40. The molecule has 0 unspecified atom stereocenters. The molecule has 176 valence electrons. The molecule has 1 amide bonds. The second-order valence-corrected chi connectivity index (χ2v) is 8.16. The van der Waals surface area contributed by atoms with Crippen LogP contribution in [0.1, 0.15) is 50.8 Å². The minimum Gasteiger partial charge on any atom is -0.507 e. The fourth-order valence-corrected chi connectivity index (χ4v) is 4.21. The molecule has 0 saturated carbocycles. The zero-order valence-corrected chi connectivity index (χ0v) is 19.8. The Hall–Kier alpha value is -3.12. The van der Waals surface area contributed by atoms with Crippen LogP contribution in [0, 0.1) is 0 Å². The largest absolute Gasteiger partial charge is 0.507 e. The van der Waals surface area contributed by atoms with Gasteiger partial charge in [-0.1, -0.05) is 63.2 Å². The number of rotatable bonds is 11. The van der Waals surface area contributed by atoms with Gasteiger partial charge in [0, 0.05) is 12.1 Å². The summed E-state index contributed by atoms with van der Waals surface area (Å²) in [6.45, 7) is 9.96. The Morgan fingerprint density at radius 1 is 1.03 bits per heavy atom. The minimum atomic E-state index is -0.660. The number of likely N-dealkylation sites (tertiary alicyclic amines) is 1. The highest BCUT2D eigenvalue weighted by molar-refractivity contribution is 6.46. The van der Waals surface area contributed by atoms with Gasteiger partial charge in [-0.05, 0) is 50.2 Å². The van der Waals surface area contributed by atoms with Crippen LogP contribution >= 0.6 is 0 Å². The number of benzene rings is 2. The molecule has 0 radical (unpaired) electrons. The SMILES string of the molecule is CCCOc1cccc([C@@H]2/C(=C(\O)c3ccccc3)C(=O)C(=O)N2CCCN(CC)CC)c1. The highest BCUT2D eigenvalue weighted by Gasteiger charge is 2.45. The zero-order valence-electron chi connectivity index (χ0n) is 19.8. The summed E-state index contributed by atoms with van der Waals surface area (Å²) < 4.78 is 5.79. The van der Waals surface area contributed by atoms with Crippen LogP contribution in [0.5, 0.6) is 5.75 Å². The first-order valence-corrected chi connectivity index (χ1v) is 11.8. The quantitative estimate of drug-likeness (QED) is 0.307. The number of ether oxygens (including phenoxy) is 1. The third-order valence-electron chi connectivity index (χ3n) is 6.00. The Morgan fingerprint density at radius 3 is 2.42 bits per heavy atom. The van der Waals surface area contributed by atoms with Crippen molar-refractivity contribution < 1.29 is 19.4 Å². The smallest absolute Gasteiger partial charge is 0.295 e. The maximum atomic E-state index is 13.1. The van der Waals surface area contributed by atoms with Crippen LogP contribution in [0.3, 0.4) is 0 Å². The Labute approximate surface area is 196 Å². The topological polar surface area (TPSA) is 70.1 Å². The van der Waals surface area contributed by atoms with Crippen molar-refractivity contribution in [2.24, 2.45) is 0 Å². The van der Waals surface area contributed by atoms with Gasteiger partial charge in [0.1, 0.15) is 11.5 Å². The lowest BCUT2D eigenvalue weighted by Crippen LogP contribution is -2.33. The number of amides is 1. The van der Waals surface area contributed by atoms with Gasteiger partial charge >= 0.3 is 0 Å². The molecule has 2 aromatic carbocycles. The first-order valence-electron chi connectivity index (χ1n) is 11.8. The van der Waals surface area contributed by atoms with Gasteiger partial charge in [-0.15, -0.1) is 0 Å². The summed E-state index contributed by atoms with van der Waals surface area (Å²) in [6, 6.07) is 15.7. The van der Waals surface area contributed by atoms with Gasteiger partial charge in [0.25, 0.3) is 11.7 Å².